The summed E-state index contributed by atoms with van der Waals surface area (Å²) >= 11 is 0. The van der Waals surface area contributed by atoms with Crippen LogP contribution in [0.1, 0.15) is 36.7 Å². The van der Waals surface area contributed by atoms with Gasteiger partial charge in [-0.05, 0) is 25.2 Å². The lowest BCUT2D eigenvalue weighted by atomic mass is 10.0. The van der Waals surface area contributed by atoms with Gasteiger partial charge in [0.15, 0.2) is 0 Å². The highest BCUT2D eigenvalue weighted by Gasteiger charge is 2.23. The topological polar surface area (TPSA) is 64.2 Å². The van der Waals surface area contributed by atoms with Crippen LogP contribution in [0.2, 0.25) is 0 Å². The van der Waals surface area contributed by atoms with Crippen molar-refractivity contribution in [1.82, 2.24) is 14.7 Å². The Labute approximate surface area is 102 Å². The largest absolute Gasteiger partial charge is 0.396 e. The molecule has 94 valence electrons. The Morgan fingerprint density at radius 3 is 2.88 bits per heavy atom. The van der Waals surface area contributed by atoms with E-state index in [4.69, 9.17) is 5.73 Å². The molecular formula is C12H20N4O. The highest BCUT2D eigenvalue weighted by molar-refractivity contribution is 5.97. The van der Waals surface area contributed by atoms with Gasteiger partial charge < -0.3 is 10.6 Å². The van der Waals surface area contributed by atoms with Gasteiger partial charge in [0.1, 0.15) is 5.69 Å². The molecule has 1 fully saturated rings. The number of carbonyl (C=O) groups is 1. The number of nitrogen functional groups attached to an aromatic ring is 1. The van der Waals surface area contributed by atoms with E-state index in [9.17, 15) is 4.79 Å². The summed E-state index contributed by atoms with van der Waals surface area (Å²) < 4.78 is 1.56. The van der Waals surface area contributed by atoms with Gasteiger partial charge in [0.25, 0.3) is 5.91 Å². The Balaban J connectivity index is 2.14. The Morgan fingerprint density at radius 1 is 1.47 bits per heavy atom. The van der Waals surface area contributed by atoms with Gasteiger partial charge in [0, 0.05) is 20.1 Å². The van der Waals surface area contributed by atoms with Crippen LogP contribution in [0.25, 0.3) is 0 Å². The van der Waals surface area contributed by atoms with Gasteiger partial charge in [-0.2, -0.15) is 5.10 Å². The maximum Gasteiger partial charge on any atom is 0.274 e. The minimum absolute atomic E-state index is 0.0107. The summed E-state index contributed by atoms with van der Waals surface area (Å²) in [6.45, 7) is 3.89. The lowest BCUT2D eigenvalue weighted by molar-refractivity contribution is 0.0750. The molecule has 5 nitrogen and oxygen atoms in total. The normalized spacial score (nSPS) is 21.3. The number of nitrogens with two attached hydrogens (primary N) is 1. The van der Waals surface area contributed by atoms with Crippen molar-refractivity contribution >= 4 is 11.6 Å². The van der Waals surface area contributed by atoms with Gasteiger partial charge in [0.2, 0.25) is 0 Å². The third-order valence-electron chi connectivity index (χ3n) is 3.47. The molecule has 0 saturated carbocycles. The number of amides is 1. The maximum atomic E-state index is 12.3. The first kappa shape index (κ1) is 12.0. The summed E-state index contributed by atoms with van der Waals surface area (Å²) in [5.41, 5.74) is 6.77. The fourth-order valence-corrected chi connectivity index (χ4v) is 2.33. The lowest BCUT2D eigenvalue weighted by Crippen LogP contribution is -2.33. The molecule has 17 heavy (non-hydrogen) atoms. The Bertz CT molecular complexity index is 393. The van der Waals surface area contributed by atoms with Crippen LogP contribution in [0, 0.1) is 5.92 Å². The van der Waals surface area contributed by atoms with Gasteiger partial charge in [0.05, 0.1) is 11.9 Å². The third-order valence-corrected chi connectivity index (χ3v) is 3.47. The van der Waals surface area contributed by atoms with Crippen molar-refractivity contribution in [2.45, 2.75) is 26.2 Å². The molecule has 1 aromatic rings. The standard InChI is InChI=1S/C12H20N4O/c1-9-4-3-6-16(7-5-9)12(17)11-10(13)8-14-15(11)2/h8-9H,3-7,13H2,1-2H3. The minimum Gasteiger partial charge on any atom is -0.396 e. The van der Waals surface area contributed by atoms with E-state index in [0.29, 0.717) is 17.3 Å². The molecular weight excluding hydrogens is 216 g/mol. The zero-order valence-electron chi connectivity index (χ0n) is 10.5. The van der Waals surface area contributed by atoms with E-state index in [-0.39, 0.29) is 5.91 Å². The number of likely N-dealkylation sites (tertiary alicyclic amines) is 1. The molecule has 1 saturated heterocycles. The Morgan fingerprint density at radius 2 is 2.24 bits per heavy atom. The van der Waals surface area contributed by atoms with E-state index in [1.54, 1.807) is 11.7 Å². The van der Waals surface area contributed by atoms with Gasteiger partial charge >= 0.3 is 0 Å². The first-order valence-electron chi connectivity index (χ1n) is 6.16. The van der Waals surface area contributed by atoms with Crippen LogP contribution in [-0.2, 0) is 7.05 Å². The maximum absolute atomic E-state index is 12.3. The predicted octanol–water partition coefficient (Wildman–Crippen LogP) is 1.26. The second-order valence-corrected chi connectivity index (χ2v) is 4.90. The predicted molar refractivity (Wildman–Crippen MR) is 66.5 cm³/mol. The lowest BCUT2D eigenvalue weighted by Gasteiger charge is -2.20. The van der Waals surface area contributed by atoms with E-state index in [1.165, 1.54) is 12.6 Å². The number of rotatable bonds is 1. The van der Waals surface area contributed by atoms with Crippen molar-refractivity contribution in [3.05, 3.63) is 11.9 Å². The first-order valence-corrected chi connectivity index (χ1v) is 6.16. The molecule has 2 N–H and O–H groups in total. The van der Waals surface area contributed by atoms with Gasteiger partial charge in [-0.15, -0.1) is 0 Å². The summed E-state index contributed by atoms with van der Waals surface area (Å²) in [6.07, 6.45) is 4.88. The summed E-state index contributed by atoms with van der Waals surface area (Å²) in [7, 11) is 1.75. The van der Waals surface area contributed by atoms with E-state index in [1.807, 2.05) is 4.90 Å². The number of hydrogen-bond acceptors (Lipinski definition) is 3. The Hall–Kier alpha value is -1.52. The summed E-state index contributed by atoms with van der Waals surface area (Å²) in [5, 5.41) is 4.01. The molecule has 1 atom stereocenters. The molecule has 0 spiro atoms. The van der Waals surface area contributed by atoms with E-state index in [2.05, 4.69) is 12.0 Å². The van der Waals surface area contributed by atoms with Crippen molar-refractivity contribution in [1.29, 1.82) is 0 Å². The van der Waals surface area contributed by atoms with Crippen LogP contribution in [0.3, 0.4) is 0 Å². The Kier molecular flexibility index (Phi) is 3.36. The summed E-state index contributed by atoms with van der Waals surface area (Å²) in [5.74, 6) is 0.716. The minimum atomic E-state index is 0.0107. The molecule has 0 aromatic carbocycles. The fourth-order valence-electron chi connectivity index (χ4n) is 2.33. The molecule has 5 heteroatoms. The van der Waals surface area contributed by atoms with E-state index >= 15 is 0 Å². The molecule has 1 aliphatic heterocycles. The first-order chi connectivity index (χ1) is 8.09. The molecule has 0 bridgehead atoms. The third kappa shape index (κ3) is 2.43. The van der Waals surface area contributed by atoms with Crippen LogP contribution < -0.4 is 5.73 Å². The fraction of sp³-hybridized carbons (Fsp3) is 0.667. The van der Waals surface area contributed by atoms with Crippen LogP contribution in [0.5, 0.6) is 0 Å². The van der Waals surface area contributed by atoms with Crippen molar-refractivity contribution in [2.75, 3.05) is 18.8 Å². The number of aromatic nitrogens is 2. The molecule has 2 heterocycles. The summed E-state index contributed by atoms with van der Waals surface area (Å²) in [4.78, 5) is 14.2. The SMILES string of the molecule is CC1CCCN(C(=O)c2c(N)cnn2C)CC1. The number of aryl methyl sites for hydroxylation is 1. The second-order valence-electron chi connectivity index (χ2n) is 4.90. The number of anilines is 1. The van der Waals surface area contributed by atoms with Crippen LogP contribution in [0.4, 0.5) is 5.69 Å². The smallest absolute Gasteiger partial charge is 0.274 e. The van der Waals surface area contributed by atoms with E-state index in [0.717, 1.165) is 25.9 Å². The van der Waals surface area contributed by atoms with Crippen molar-refractivity contribution in [3.8, 4) is 0 Å². The molecule has 1 aliphatic rings. The quantitative estimate of drug-likeness (QED) is 0.798. The molecule has 0 aliphatic carbocycles. The number of hydrogen-bond donors (Lipinski definition) is 1. The molecule has 1 amide bonds. The average Bonchev–Trinajstić information content (AvgIpc) is 2.51. The molecule has 2 rings (SSSR count). The highest BCUT2D eigenvalue weighted by Crippen LogP contribution is 2.19. The number of carbonyl (C=O) groups excluding carboxylic acids is 1. The average molecular weight is 236 g/mol. The highest BCUT2D eigenvalue weighted by atomic mass is 16.2. The molecule has 0 radical (unpaired) electrons. The molecule has 1 aromatic heterocycles. The zero-order chi connectivity index (χ0) is 12.4. The van der Waals surface area contributed by atoms with Crippen LogP contribution >= 0.6 is 0 Å². The monoisotopic (exact) mass is 236 g/mol. The van der Waals surface area contributed by atoms with Crippen LogP contribution in [-0.4, -0.2) is 33.7 Å². The van der Waals surface area contributed by atoms with Crippen LogP contribution in [0.15, 0.2) is 6.20 Å². The zero-order valence-corrected chi connectivity index (χ0v) is 10.5. The number of nitrogens with zero attached hydrogens (tertiary/aromatic N) is 3. The van der Waals surface area contributed by atoms with Crippen molar-refractivity contribution in [2.24, 2.45) is 13.0 Å². The van der Waals surface area contributed by atoms with E-state index < -0.39 is 0 Å². The summed E-state index contributed by atoms with van der Waals surface area (Å²) in [6, 6.07) is 0. The van der Waals surface area contributed by atoms with Gasteiger partial charge in [-0.1, -0.05) is 6.92 Å². The molecule has 1 unspecified atom stereocenters. The van der Waals surface area contributed by atoms with Gasteiger partial charge in [-0.25, -0.2) is 0 Å². The van der Waals surface area contributed by atoms with Crippen molar-refractivity contribution in [3.63, 3.8) is 0 Å². The van der Waals surface area contributed by atoms with Crippen molar-refractivity contribution < 1.29 is 4.79 Å². The van der Waals surface area contributed by atoms with Gasteiger partial charge in [-0.3, -0.25) is 9.48 Å². The second kappa shape index (κ2) is 4.77.